The van der Waals surface area contributed by atoms with Gasteiger partial charge in [-0.3, -0.25) is 30.0 Å². The van der Waals surface area contributed by atoms with Crippen LogP contribution in [0.15, 0.2) is 96.0 Å². The van der Waals surface area contributed by atoms with E-state index >= 15 is 0 Å². The fraction of sp³-hybridized carbons (Fsp3) is 0.444. The Morgan fingerprint density at radius 1 is 0.785 bits per heavy atom. The zero-order valence-electron chi connectivity index (χ0n) is 37.1. The molecule has 0 radical (unpaired) electrons. The number of esters is 1. The zero-order chi connectivity index (χ0) is 47.2. The second kappa shape index (κ2) is 25.7. The molecule has 65 heavy (non-hydrogen) atoms. The summed E-state index contributed by atoms with van der Waals surface area (Å²) < 4.78 is 50.4. The van der Waals surface area contributed by atoms with Gasteiger partial charge in [-0.15, -0.1) is 0 Å². The number of ether oxygens (including phenoxy) is 4. The number of carbonyl (C=O) groups is 6. The number of rotatable bonds is 20. The van der Waals surface area contributed by atoms with Crippen LogP contribution in [-0.2, 0) is 63.0 Å². The van der Waals surface area contributed by atoms with Gasteiger partial charge in [0.25, 0.3) is 0 Å². The minimum atomic E-state index is -4.30. The Balaban J connectivity index is 1.46. The van der Waals surface area contributed by atoms with E-state index in [0.717, 1.165) is 5.56 Å². The number of carbonyl (C=O) groups excluding carboxylic acids is 6. The molecule has 1 saturated heterocycles. The molecule has 1 heterocycles. The van der Waals surface area contributed by atoms with E-state index in [0.29, 0.717) is 17.5 Å². The predicted octanol–water partition coefficient (Wildman–Crippen LogP) is 4.07. The fourth-order valence-corrected chi connectivity index (χ4v) is 7.86. The first-order valence-corrected chi connectivity index (χ1v) is 22.8. The molecule has 3 aromatic carbocycles. The zero-order valence-corrected chi connectivity index (χ0v) is 37.9. The molecule has 1 aliphatic rings. The van der Waals surface area contributed by atoms with Crippen molar-refractivity contribution in [1.29, 1.82) is 0 Å². The lowest BCUT2D eigenvalue weighted by Crippen LogP contribution is -2.55. The number of aliphatic imine (C=N–C) groups is 1. The standard InChI is InChI=1S/C45H59N7O12S/c1-5-61-38(53)29-48-65(59,60)35(23-15-25-46-41(50-42(56)62-30-33-19-11-7-12-20-33)51-43(57)63-31-34-21-13-8-14-22-34)28-47-39(54)37-24-16-26-52(37)40(55)36(27-32-17-9-6-10-18-32)49-44(58)64-45(2,3)4/h6-14,17-22,35-37,48H,5,15-16,23-31H2,1-4H3,(H,47,54)(H,49,58)(H2,46,50,51,56,57)/t35?,36-,37+/m1/s1. The third-order valence-corrected chi connectivity index (χ3v) is 11.4. The Morgan fingerprint density at radius 3 is 1.88 bits per heavy atom. The van der Waals surface area contributed by atoms with Crippen LogP contribution >= 0.6 is 0 Å². The fourth-order valence-electron chi connectivity index (χ4n) is 6.52. The summed E-state index contributed by atoms with van der Waals surface area (Å²) in [7, 11) is -4.30. The lowest BCUT2D eigenvalue weighted by atomic mass is 10.0. The van der Waals surface area contributed by atoms with Crippen molar-refractivity contribution in [1.82, 2.24) is 30.9 Å². The molecule has 20 heteroatoms. The average Bonchev–Trinajstić information content (AvgIpc) is 3.77. The molecule has 0 bridgehead atoms. The molecule has 19 nitrogen and oxygen atoms in total. The Morgan fingerprint density at radius 2 is 1.34 bits per heavy atom. The predicted molar refractivity (Wildman–Crippen MR) is 239 cm³/mol. The van der Waals surface area contributed by atoms with Crippen LogP contribution in [0.2, 0.25) is 0 Å². The van der Waals surface area contributed by atoms with Gasteiger partial charge < -0.3 is 34.5 Å². The molecule has 0 spiro atoms. The molecular weight excluding hydrogens is 863 g/mol. The van der Waals surface area contributed by atoms with E-state index in [9.17, 15) is 37.2 Å². The van der Waals surface area contributed by atoms with E-state index < -0.39 is 82.1 Å². The lowest BCUT2D eigenvalue weighted by molar-refractivity contribution is -0.141. The van der Waals surface area contributed by atoms with Gasteiger partial charge in [-0.25, -0.2) is 27.5 Å². The number of benzene rings is 3. The van der Waals surface area contributed by atoms with Crippen LogP contribution in [0.4, 0.5) is 14.4 Å². The third-order valence-electron chi connectivity index (χ3n) is 9.60. The monoisotopic (exact) mass is 921 g/mol. The lowest BCUT2D eigenvalue weighted by Gasteiger charge is -2.30. The topological polar surface area (TPSA) is 249 Å². The largest absolute Gasteiger partial charge is 0.465 e. The maximum Gasteiger partial charge on any atom is 0.414 e. The van der Waals surface area contributed by atoms with Gasteiger partial charge >= 0.3 is 24.2 Å². The Hall–Kier alpha value is -6.54. The maximum atomic E-state index is 14.1. The number of amides is 5. The van der Waals surface area contributed by atoms with Gasteiger partial charge in [-0.1, -0.05) is 91.0 Å². The summed E-state index contributed by atoms with van der Waals surface area (Å²) in [5, 5.41) is 8.79. The van der Waals surface area contributed by atoms with Crippen molar-refractivity contribution in [3.8, 4) is 0 Å². The number of nitrogens with one attached hydrogen (secondary N) is 5. The minimum Gasteiger partial charge on any atom is -0.465 e. The average molecular weight is 922 g/mol. The number of nitrogens with zero attached hydrogens (tertiary/aromatic N) is 2. The first kappa shape index (κ1) is 51.1. The van der Waals surface area contributed by atoms with E-state index in [4.69, 9.17) is 18.9 Å². The van der Waals surface area contributed by atoms with Gasteiger partial charge in [-0.2, -0.15) is 0 Å². The minimum absolute atomic E-state index is 0.0260. The van der Waals surface area contributed by atoms with E-state index in [-0.39, 0.29) is 64.6 Å². The second-order valence-corrected chi connectivity index (χ2v) is 17.9. The molecule has 4 rings (SSSR count). The highest BCUT2D eigenvalue weighted by molar-refractivity contribution is 7.90. The smallest absolute Gasteiger partial charge is 0.414 e. The normalized spacial score (nSPS) is 14.5. The summed E-state index contributed by atoms with van der Waals surface area (Å²) in [6, 6.07) is 24.7. The summed E-state index contributed by atoms with van der Waals surface area (Å²) in [6.07, 6.45) is -1.89. The van der Waals surface area contributed by atoms with Gasteiger partial charge in [0.2, 0.25) is 27.8 Å². The van der Waals surface area contributed by atoms with Gasteiger partial charge in [0.05, 0.1) is 11.9 Å². The van der Waals surface area contributed by atoms with Crippen LogP contribution in [-0.4, -0.2) is 111 Å². The van der Waals surface area contributed by atoms with E-state index in [2.05, 4.69) is 31.0 Å². The van der Waals surface area contributed by atoms with Crippen molar-refractivity contribution in [2.75, 3.05) is 32.8 Å². The third kappa shape index (κ3) is 18.6. The van der Waals surface area contributed by atoms with Crippen molar-refractivity contribution in [2.24, 2.45) is 4.99 Å². The van der Waals surface area contributed by atoms with Crippen LogP contribution in [0.5, 0.6) is 0 Å². The Labute approximate surface area is 379 Å². The number of likely N-dealkylation sites (tertiary alicyclic amines) is 1. The first-order chi connectivity index (χ1) is 31.0. The van der Waals surface area contributed by atoms with Gasteiger partial charge in [0.15, 0.2) is 0 Å². The number of hydrogen-bond acceptors (Lipinski definition) is 13. The maximum absolute atomic E-state index is 14.1. The number of guanidine groups is 1. The van der Waals surface area contributed by atoms with Crippen molar-refractivity contribution in [2.45, 2.75) is 95.9 Å². The summed E-state index contributed by atoms with van der Waals surface area (Å²) in [5.74, 6) is -2.27. The molecule has 5 amide bonds. The highest BCUT2D eigenvalue weighted by atomic mass is 32.2. The molecule has 0 aromatic heterocycles. The number of sulfonamides is 1. The van der Waals surface area contributed by atoms with Crippen LogP contribution in [0.1, 0.15) is 70.1 Å². The van der Waals surface area contributed by atoms with Crippen LogP contribution in [0, 0.1) is 0 Å². The summed E-state index contributed by atoms with van der Waals surface area (Å²) in [4.78, 5) is 84.0. The quantitative estimate of drug-likeness (QED) is 0.0354. The van der Waals surface area contributed by atoms with E-state index in [1.54, 1.807) is 88.4 Å². The highest BCUT2D eigenvalue weighted by Gasteiger charge is 2.39. The van der Waals surface area contributed by atoms with Crippen LogP contribution in [0.3, 0.4) is 0 Å². The molecule has 3 atom stereocenters. The SMILES string of the molecule is CCOC(=O)CNS(=O)(=O)C(CCCN=C(NC(=O)OCc1ccccc1)NC(=O)OCc1ccccc1)CNC(=O)[C@@H]1CCCN1C(=O)[C@@H](Cc1ccccc1)NC(=O)OC(C)(C)C. The molecular formula is C45H59N7O12S. The molecule has 1 aliphatic heterocycles. The molecule has 352 valence electrons. The number of alkyl carbamates (subject to hydrolysis) is 3. The molecule has 0 aliphatic carbocycles. The molecule has 5 N–H and O–H groups in total. The van der Waals surface area contributed by atoms with Crippen LogP contribution in [0.25, 0.3) is 0 Å². The van der Waals surface area contributed by atoms with Gasteiger partial charge in [-0.05, 0) is 70.1 Å². The highest BCUT2D eigenvalue weighted by Crippen LogP contribution is 2.21. The molecule has 0 saturated carbocycles. The first-order valence-electron chi connectivity index (χ1n) is 21.3. The number of hydrogen-bond donors (Lipinski definition) is 5. The van der Waals surface area contributed by atoms with Crippen molar-refractivity contribution in [3.63, 3.8) is 0 Å². The second-order valence-electron chi connectivity index (χ2n) is 15.9. The van der Waals surface area contributed by atoms with E-state index in [1.165, 1.54) is 4.90 Å². The molecule has 1 fully saturated rings. The molecule has 1 unspecified atom stereocenters. The van der Waals surface area contributed by atoms with E-state index in [1.807, 2.05) is 30.3 Å². The van der Waals surface area contributed by atoms with Crippen molar-refractivity contribution < 1.29 is 56.1 Å². The van der Waals surface area contributed by atoms with Gasteiger partial charge in [0.1, 0.15) is 37.4 Å². The molecule has 3 aromatic rings. The van der Waals surface area contributed by atoms with Gasteiger partial charge in [0, 0.05) is 26.1 Å². The van der Waals surface area contributed by atoms with Crippen molar-refractivity contribution in [3.05, 3.63) is 108 Å². The Kier molecular flexibility index (Phi) is 20.2. The summed E-state index contributed by atoms with van der Waals surface area (Å²) >= 11 is 0. The van der Waals surface area contributed by atoms with Crippen molar-refractivity contribution >= 4 is 52.0 Å². The van der Waals surface area contributed by atoms with Crippen LogP contribution < -0.4 is 26.0 Å². The summed E-state index contributed by atoms with van der Waals surface area (Å²) in [5.41, 5.74) is 1.35. The summed E-state index contributed by atoms with van der Waals surface area (Å²) in [6.45, 7) is 5.52. The Bertz CT molecular complexity index is 2110.